The van der Waals surface area contributed by atoms with E-state index in [0.717, 1.165) is 0 Å². The van der Waals surface area contributed by atoms with Crippen LogP contribution in [0.5, 0.6) is 0 Å². The van der Waals surface area contributed by atoms with Crippen molar-refractivity contribution in [3.63, 3.8) is 0 Å². The van der Waals surface area contributed by atoms with Crippen LogP contribution in [0.3, 0.4) is 0 Å². The molecule has 0 radical (unpaired) electrons. The van der Waals surface area contributed by atoms with Gasteiger partial charge in [-0.05, 0) is 31.5 Å². The Morgan fingerprint density at radius 3 is 2.26 bits per heavy atom. The van der Waals surface area contributed by atoms with Gasteiger partial charge in [-0.15, -0.1) is 0 Å². The van der Waals surface area contributed by atoms with Crippen LogP contribution < -0.4 is 0 Å². The van der Waals surface area contributed by atoms with E-state index in [4.69, 9.17) is 19.6 Å². The van der Waals surface area contributed by atoms with Crippen LogP contribution in [0.15, 0.2) is 29.4 Å². The van der Waals surface area contributed by atoms with Gasteiger partial charge in [-0.1, -0.05) is 17.3 Å². The van der Waals surface area contributed by atoms with Crippen molar-refractivity contribution in [2.45, 2.75) is 25.9 Å². The SMILES string of the molecule is CCOC(=O)C1(C(=O)OCC)CC(c2ccc(C#N)cc2)=NO1. The number of benzene rings is 1. The van der Waals surface area contributed by atoms with E-state index in [9.17, 15) is 9.59 Å². The number of ether oxygens (including phenoxy) is 2. The van der Waals surface area contributed by atoms with Crippen molar-refractivity contribution < 1.29 is 23.9 Å². The van der Waals surface area contributed by atoms with Gasteiger partial charge in [0.2, 0.25) is 0 Å². The molecule has 0 saturated heterocycles. The average molecular weight is 316 g/mol. The fourth-order valence-electron chi connectivity index (χ4n) is 2.12. The zero-order valence-electron chi connectivity index (χ0n) is 12.9. The molecule has 0 bridgehead atoms. The maximum absolute atomic E-state index is 12.2. The summed E-state index contributed by atoms with van der Waals surface area (Å²) in [4.78, 5) is 29.6. The molecule has 0 spiro atoms. The second kappa shape index (κ2) is 6.92. The number of rotatable bonds is 5. The number of carbonyl (C=O) groups excluding carboxylic acids is 2. The molecule has 0 saturated carbocycles. The Hall–Kier alpha value is -2.88. The lowest BCUT2D eigenvalue weighted by molar-refractivity contribution is -0.187. The summed E-state index contributed by atoms with van der Waals surface area (Å²) in [6.45, 7) is 3.48. The number of hydrogen-bond acceptors (Lipinski definition) is 7. The predicted octanol–water partition coefficient (Wildman–Crippen LogP) is 1.55. The third-order valence-electron chi connectivity index (χ3n) is 3.29. The van der Waals surface area contributed by atoms with Crippen molar-refractivity contribution in [1.29, 1.82) is 5.26 Å². The maximum Gasteiger partial charge on any atom is 0.365 e. The lowest BCUT2D eigenvalue weighted by Crippen LogP contribution is -2.49. The van der Waals surface area contributed by atoms with E-state index < -0.39 is 17.5 Å². The summed E-state index contributed by atoms with van der Waals surface area (Å²) < 4.78 is 9.87. The fraction of sp³-hybridized carbons (Fsp3) is 0.375. The van der Waals surface area contributed by atoms with Crippen LogP contribution in [-0.2, 0) is 23.9 Å². The van der Waals surface area contributed by atoms with Crippen molar-refractivity contribution >= 4 is 17.7 Å². The molecule has 0 unspecified atom stereocenters. The topological polar surface area (TPSA) is 98.0 Å². The first kappa shape index (κ1) is 16.5. The molecule has 1 heterocycles. The Balaban J connectivity index is 2.26. The molecule has 23 heavy (non-hydrogen) atoms. The Morgan fingerprint density at radius 1 is 1.22 bits per heavy atom. The third-order valence-corrected chi connectivity index (χ3v) is 3.29. The van der Waals surface area contributed by atoms with Crippen molar-refractivity contribution in [1.82, 2.24) is 0 Å². The van der Waals surface area contributed by atoms with Crippen molar-refractivity contribution in [2.24, 2.45) is 5.16 Å². The second-order valence-corrected chi connectivity index (χ2v) is 4.76. The van der Waals surface area contributed by atoms with E-state index in [1.807, 2.05) is 6.07 Å². The van der Waals surface area contributed by atoms with Gasteiger partial charge in [-0.3, -0.25) is 0 Å². The van der Waals surface area contributed by atoms with Gasteiger partial charge in [0.15, 0.2) is 0 Å². The zero-order valence-corrected chi connectivity index (χ0v) is 12.9. The standard InChI is InChI=1S/C16H16N2O5/c1-3-21-14(19)16(15(20)22-4-2)9-13(18-23-16)12-7-5-11(10-17)6-8-12/h5-8H,3-4,9H2,1-2H3. The number of oxime groups is 1. The highest BCUT2D eigenvalue weighted by molar-refractivity contribution is 6.13. The highest BCUT2D eigenvalue weighted by Gasteiger charge is 2.56. The van der Waals surface area contributed by atoms with Gasteiger partial charge in [-0.25, -0.2) is 9.59 Å². The Kier molecular flexibility index (Phi) is 4.96. The van der Waals surface area contributed by atoms with Crippen molar-refractivity contribution in [3.8, 4) is 6.07 Å². The van der Waals surface area contributed by atoms with Gasteiger partial charge in [0.25, 0.3) is 0 Å². The van der Waals surface area contributed by atoms with Crippen molar-refractivity contribution in [2.75, 3.05) is 13.2 Å². The summed E-state index contributed by atoms with van der Waals surface area (Å²) >= 11 is 0. The first-order chi connectivity index (χ1) is 11.1. The Bertz CT molecular complexity index is 655. The minimum Gasteiger partial charge on any atom is -0.462 e. The summed E-state index contributed by atoms with van der Waals surface area (Å²) in [5, 5.41) is 12.7. The highest BCUT2D eigenvalue weighted by Crippen LogP contribution is 2.30. The predicted molar refractivity (Wildman–Crippen MR) is 79.4 cm³/mol. The number of carbonyl (C=O) groups is 2. The highest BCUT2D eigenvalue weighted by atomic mass is 16.7. The van der Waals surface area contributed by atoms with E-state index >= 15 is 0 Å². The molecular formula is C16H16N2O5. The van der Waals surface area contributed by atoms with Gasteiger partial charge in [0.05, 0.1) is 37.0 Å². The van der Waals surface area contributed by atoms with Crippen LogP contribution in [-0.4, -0.2) is 36.5 Å². The van der Waals surface area contributed by atoms with Gasteiger partial charge >= 0.3 is 17.5 Å². The molecule has 7 nitrogen and oxygen atoms in total. The second-order valence-electron chi connectivity index (χ2n) is 4.76. The lowest BCUT2D eigenvalue weighted by atomic mass is 9.94. The average Bonchev–Trinajstić information content (AvgIpc) is 3.02. The molecule has 0 aromatic heterocycles. The van der Waals surface area contributed by atoms with E-state index in [1.165, 1.54) is 0 Å². The van der Waals surface area contributed by atoms with Crippen LogP contribution in [0, 0.1) is 11.3 Å². The quantitative estimate of drug-likeness (QED) is 0.604. The Labute approximate surface area is 133 Å². The first-order valence-electron chi connectivity index (χ1n) is 7.17. The third kappa shape index (κ3) is 3.16. The van der Waals surface area contributed by atoms with Crippen LogP contribution in [0.25, 0.3) is 0 Å². The summed E-state index contributed by atoms with van der Waals surface area (Å²) in [7, 11) is 0. The molecular weight excluding hydrogens is 300 g/mol. The van der Waals surface area contributed by atoms with Gasteiger partial charge < -0.3 is 14.3 Å². The molecule has 0 fully saturated rings. The van der Waals surface area contributed by atoms with E-state index in [-0.39, 0.29) is 19.6 Å². The first-order valence-corrected chi connectivity index (χ1v) is 7.17. The molecule has 1 aromatic rings. The van der Waals surface area contributed by atoms with E-state index in [1.54, 1.807) is 38.1 Å². The normalized spacial score (nSPS) is 15.1. The maximum atomic E-state index is 12.2. The minimum atomic E-state index is -1.91. The molecule has 0 N–H and O–H groups in total. The summed E-state index contributed by atoms with van der Waals surface area (Å²) in [5.41, 5.74) is -0.347. The van der Waals surface area contributed by atoms with E-state index in [2.05, 4.69) is 5.16 Å². The molecule has 0 atom stereocenters. The molecule has 120 valence electrons. The van der Waals surface area contributed by atoms with E-state index in [0.29, 0.717) is 16.8 Å². The van der Waals surface area contributed by atoms with Crippen LogP contribution in [0.1, 0.15) is 31.4 Å². The molecule has 0 aliphatic carbocycles. The van der Waals surface area contributed by atoms with Crippen LogP contribution in [0.2, 0.25) is 0 Å². The van der Waals surface area contributed by atoms with Gasteiger partial charge in [0.1, 0.15) is 0 Å². The summed E-state index contributed by atoms with van der Waals surface area (Å²) in [6, 6.07) is 8.59. The molecule has 1 aliphatic rings. The molecule has 1 aliphatic heterocycles. The molecule has 2 rings (SSSR count). The van der Waals surface area contributed by atoms with Crippen molar-refractivity contribution in [3.05, 3.63) is 35.4 Å². The number of nitrogens with zero attached hydrogens (tertiary/aromatic N) is 2. The van der Waals surface area contributed by atoms with Gasteiger partial charge in [0, 0.05) is 0 Å². The lowest BCUT2D eigenvalue weighted by Gasteiger charge is -2.21. The summed E-state index contributed by atoms with van der Waals surface area (Å²) in [5.74, 6) is -1.66. The number of nitriles is 1. The zero-order chi connectivity index (χ0) is 16.9. The van der Waals surface area contributed by atoms with Crippen LogP contribution >= 0.6 is 0 Å². The largest absolute Gasteiger partial charge is 0.462 e. The molecule has 7 heteroatoms. The molecule has 0 amide bonds. The van der Waals surface area contributed by atoms with Gasteiger partial charge in [-0.2, -0.15) is 5.26 Å². The monoisotopic (exact) mass is 316 g/mol. The summed E-state index contributed by atoms with van der Waals surface area (Å²) in [6.07, 6.45) is -0.0867. The minimum absolute atomic E-state index is 0.0867. The fourth-order valence-corrected chi connectivity index (χ4v) is 2.12. The Morgan fingerprint density at radius 2 is 1.78 bits per heavy atom. The number of esters is 2. The van der Waals surface area contributed by atoms with Crippen LogP contribution in [0.4, 0.5) is 0 Å². The molecule has 1 aromatic carbocycles. The number of hydrogen-bond donors (Lipinski definition) is 0. The smallest absolute Gasteiger partial charge is 0.365 e.